The van der Waals surface area contributed by atoms with Gasteiger partial charge in [0.1, 0.15) is 0 Å². The van der Waals surface area contributed by atoms with Crippen LogP contribution in [0.3, 0.4) is 0 Å². The molecule has 1 saturated heterocycles. The second kappa shape index (κ2) is 7.70. The van der Waals surface area contributed by atoms with Gasteiger partial charge in [0, 0.05) is 25.7 Å². The number of nitrogens with zero attached hydrogens (tertiary/aromatic N) is 1. The summed E-state index contributed by atoms with van der Waals surface area (Å²) in [5.41, 5.74) is 0. The topological polar surface area (TPSA) is 53.6 Å². The highest BCUT2D eigenvalue weighted by molar-refractivity contribution is 5.74. The molecule has 1 aliphatic carbocycles. The highest BCUT2D eigenvalue weighted by Gasteiger charge is 2.20. The molecule has 2 N–H and O–H groups in total. The zero-order valence-electron chi connectivity index (χ0n) is 12.0. The Balaban J connectivity index is 1.62. The molecule has 1 aliphatic heterocycles. The largest absolute Gasteiger partial charge is 0.374 e. The molecular formula is C14H27N3O2. The standard InChI is InChI=1S/C14H27N3O2/c1-2-17-8-9-19-13(11-17)10-15-14(18)16-12-6-4-3-5-7-12/h12-13H,2-11H2,1H3,(H2,15,16,18). The monoisotopic (exact) mass is 269 g/mol. The van der Waals surface area contributed by atoms with Crippen molar-refractivity contribution in [3.05, 3.63) is 0 Å². The van der Waals surface area contributed by atoms with Crippen molar-refractivity contribution < 1.29 is 9.53 Å². The molecule has 2 rings (SSSR count). The van der Waals surface area contributed by atoms with Gasteiger partial charge in [0.25, 0.3) is 0 Å². The van der Waals surface area contributed by atoms with E-state index >= 15 is 0 Å². The number of amides is 2. The number of rotatable bonds is 4. The number of hydrogen-bond donors (Lipinski definition) is 2. The zero-order valence-corrected chi connectivity index (χ0v) is 12.0. The summed E-state index contributed by atoms with van der Waals surface area (Å²) >= 11 is 0. The van der Waals surface area contributed by atoms with Crippen molar-refractivity contribution in [1.82, 2.24) is 15.5 Å². The Morgan fingerprint density at radius 1 is 1.32 bits per heavy atom. The van der Waals surface area contributed by atoms with Gasteiger partial charge >= 0.3 is 6.03 Å². The lowest BCUT2D eigenvalue weighted by Crippen LogP contribution is -2.50. The van der Waals surface area contributed by atoms with E-state index in [-0.39, 0.29) is 12.1 Å². The van der Waals surface area contributed by atoms with Crippen LogP contribution in [0.5, 0.6) is 0 Å². The zero-order chi connectivity index (χ0) is 13.5. The quantitative estimate of drug-likeness (QED) is 0.810. The first-order valence-corrected chi connectivity index (χ1v) is 7.66. The van der Waals surface area contributed by atoms with Gasteiger partial charge in [-0.2, -0.15) is 0 Å². The van der Waals surface area contributed by atoms with Gasteiger partial charge in [-0.05, 0) is 19.4 Å². The van der Waals surface area contributed by atoms with Crippen LogP contribution in [0.15, 0.2) is 0 Å². The maximum atomic E-state index is 11.8. The van der Waals surface area contributed by atoms with Crippen LogP contribution < -0.4 is 10.6 Å². The fourth-order valence-electron chi connectivity index (χ4n) is 2.88. The first-order valence-electron chi connectivity index (χ1n) is 7.66. The van der Waals surface area contributed by atoms with Crippen molar-refractivity contribution in [3.8, 4) is 0 Å². The van der Waals surface area contributed by atoms with Crippen LogP contribution in [-0.4, -0.2) is 55.9 Å². The lowest BCUT2D eigenvalue weighted by atomic mass is 9.96. The summed E-state index contributed by atoms with van der Waals surface area (Å²) in [4.78, 5) is 14.2. The predicted octanol–water partition coefficient (Wildman–Crippen LogP) is 1.34. The summed E-state index contributed by atoms with van der Waals surface area (Å²) in [6, 6.07) is 0.331. The van der Waals surface area contributed by atoms with Gasteiger partial charge in [-0.15, -0.1) is 0 Å². The second-order valence-corrected chi connectivity index (χ2v) is 5.58. The molecule has 2 aliphatic rings. The van der Waals surface area contributed by atoms with Gasteiger partial charge in [0.05, 0.1) is 12.7 Å². The molecule has 0 aromatic carbocycles. The molecule has 0 aromatic heterocycles. The third-order valence-electron chi connectivity index (χ3n) is 4.10. The first kappa shape index (κ1) is 14.6. The van der Waals surface area contributed by atoms with Crippen molar-refractivity contribution in [2.45, 2.75) is 51.2 Å². The number of carbonyl (C=O) groups excluding carboxylic acids is 1. The number of hydrogen-bond acceptors (Lipinski definition) is 3. The minimum atomic E-state index is -0.0379. The van der Waals surface area contributed by atoms with E-state index < -0.39 is 0 Å². The van der Waals surface area contributed by atoms with Gasteiger partial charge in [-0.3, -0.25) is 4.90 Å². The number of morpholine rings is 1. The predicted molar refractivity (Wildman–Crippen MR) is 75.3 cm³/mol. The minimum absolute atomic E-state index is 0.0379. The smallest absolute Gasteiger partial charge is 0.315 e. The van der Waals surface area contributed by atoms with Gasteiger partial charge in [-0.1, -0.05) is 26.2 Å². The third-order valence-corrected chi connectivity index (χ3v) is 4.10. The van der Waals surface area contributed by atoms with Crippen molar-refractivity contribution in [2.75, 3.05) is 32.8 Å². The highest BCUT2D eigenvalue weighted by Crippen LogP contribution is 2.17. The van der Waals surface area contributed by atoms with Gasteiger partial charge in [-0.25, -0.2) is 4.79 Å². The molecule has 0 radical (unpaired) electrons. The summed E-state index contributed by atoms with van der Waals surface area (Å²) in [7, 11) is 0. The fourth-order valence-corrected chi connectivity index (χ4v) is 2.88. The van der Waals surface area contributed by atoms with E-state index in [4.69, 9.17) is 4.74 Å². The SMILES string of the molecule is CCN1CCOC(CNC(=O)NC2CCCCC2)C1. The summed E-state index contributed by atoms with van der Waals surface area (Å²) in [5.74, 6) is 0. The molecule has 5 nitrogen and oxygen atoms in total. The van der Waals surface area contributed by atoms with E-state index in [0.29, 0.717) is 12.6 Å². The van der Waals surface area contributed by atoms with Gasteiger partial charge in [0.15, 0.2) is 0 Å². The van der Waals surface area contributed by atoms with Crippen LogP contribution in [0.1, 0.15) is 39.0 Å². The average molecular weight is 269 g/mol. The molecule has 0 spiro atoms. The van der Waals surface area contributed by atoms with Crippen molar-refractivity contribution in [1.29, 1.82) is 0 Å². The molecule has 1 saturated carbocycles. The Morgan fingerprint density at radius 2 is 2.11 bits per heavy atom. The maximum absolute atomic E-state index is 11.8. The molecular weight excluding hydrogens is 242 g/mol. The van der Waals surface area contributed by atoms with Crippen LogP contribution in [-0.2, 0) is 4.74 Å². The number of carbonyl (C=O) groups is 1. The Bertz CT molecular complexity index is 280. The lowest BCUT2D eigenvalue weighted by molar-refractivity contribution is -0.0240. The molecule has 110 valence electrons. The highest BCUT2D eigenvalue weighted by atomic mass is 16.5. The molecule has 5 heteroatoms. The normalized spacial score (nSPS) is 26.1. The lowest BCUT2D eigenvalue weighted by Gasteiger charge is -2.32. The number of ether oxygens (including phenoxy) is 1. The number of urea groups is 1. The molecule has 2 amide bonds. The van der Waals surface area contributed by atoms with Crippen molar-refractivity contribution >= 4 is 6.03 Å². The molecule has 1 unspecified atom stereocenters. The van der Waals surface area contributed by atoms with Crippen LogP contribution in [0.25, 0.3) is 0 Å². The van der Waals surface area contributed by atoms with E-state index in [1.165, 1.54) is 19.3 Å². The maximum Gasteiger partial charge on any atom is 0.315 e. The Kier molecular flexibility index (Phi) is 5.92. The van der Waals surface area contributed by atoms with E-state index in [2.05, 4.69) is 22.5 Å². The van der Waals surface area contributed by atoms with Crippen LogP contribution in [0.2, 0.25) is 0 Å². The van der Waals surface area contributed by atoms with Crippen molar-refractivity contribution in [3.63, 3.8) is 0 Å². The third kappa shape index (κ3) is 4.99. The summed E-state index contributed by atoms with van der Waals surface area (Å²) in [5, 5.41) is 6.01. The van der Waals surface area contributed by atoms with Gasteiger partial charge < -0.3 is 15.4 Å². The summed E-state index contributed by atoms with van der Waals surface area (Å²) in [6.45, 7) is 6.50. The summed E-state index contributed by atoms with van der Waals surface area (Å²) in [6.07, 6.45) is 6.16. The fraction of sp³-hybridized carbons (Fsp3) is 0.929. The Hall–Kier alpha value is -0.810. The Morgan fingerprint density at radius 3 is 2.84 bits per heavy atom. The van der Waals surface area contributed by atoms with E-state index in [0.717, 1.165) is 39.1 Å². The molecule has 0 bridgehead atoms. The summed E-state index contributed by atoms with van der Waals surface area (Å²) < 4.78 is 5.67. The Labute approximate surface area is 116 Å². The second-order valence-electron chi connectivity index (χ2n) is 5.58. The number of nitrogens with one attached hydrogen (secondary N) is 2. The van der Waals surface area contributed by atoms with E-state index in [1.807, 2.05) is 0 Å². The number of likely N-dealkylation sites (N-methyl/N-ethyl adjacent to an activating group) is 1. The molecule has 1 heterocycles. The van der Waals surface area contributed by atoms with Crippen molar-refractivity contribution in [2.24, 2.45) is 0 Å². The van der Waals surface area contributed by atoms with Crippen LogP contribution in [0, 0.1) is 0 Å². The van der Waals surface area contributed by atoms with Crippen LogP contribution >= 0.6 is 0 Å². The van der Waals surface area contributed by atoms with Gasteiger partial charge in [0.2, 0.25) is 0 Å². The molecule has 1 atom stereocenters. The molecule has 19 heavy (non-hydrogen) atoms. The minimum Gasteiger partial charge on any atom is -0.374 e. The van der Waals surface area contributed by atoms with E-state index in [1.54, 1.807) is 0 Å². The average Bonchev–Trinajstić information content (AvgIpc) is 2.46. The van der Waals surface area contributed by atoms with Crippen LogP contribution in [0.4, 0.5) is 4.79 Å². The first-order chi connectivity index (χ1) is 9.28. The molecule has 0 aromatic rings. The molecule has 2 fully saturated rings. The van der Waals surface area contributed by atoms with E-state index in [9.17, 15) is 4.79 Å².